The fourth-order valence-corrected chi connectivity index (χ4v) is 4.89. The molecule has 0 saturated carbocycles. The van der Waals surface area contributed by atoms with Crippen LogP contribution >= 0.6 is 0 Å². The van der Waals surface area contributed by atoms with Gasteiger partial charge in [0.25, 0.3) is 0 Å². The second kappa shape index (κ2) is 11.4. The molecule has 0 N–H and O–H groups in total. The van der Waals surface area contributed by atoms with Gasteiger partial charge < -0.3 is 19.3 Å². The standard InChI is InChI=1S/C28H33N5O3/c1-35-25-6-3-2-5-23(25)8-10-27(34)33-17-18-36-26-9-7-22(19-24(26)21-33)20-31-13-15-32(16-14-31)28-29-11-4-12-30-28/h2-7,9,11-12,19H,8,10,13-18,20-21H2,1H3. The van der Waals surface area contributed by atoms with Gasteiger partial charge in [-0.3, -0.25) is 9.69 Å². The summed E-state index contributed by atoms with van der Waals surface area (Å²) in [6.45, 7) is 6.29. The van der Waals surface area contributed by atoms with Crippen molar-refractivity contribution in [1.82, 2.24) is 19.8 Å². The van der Waals surface area contributed by atoms with Gasteiger partial charge in [0.05, 0.1) is 13.7 Å². The van der Waals surface area contributed by atoms with E-state index in [1.807, 2.05) is 35.2 Å². The van der Waals surface area contributed by atoms with Crippen molar-refractivity contribution in [1.29, 1.82) is 0 Å². The second-order valence-corrected chi connectivity index (χ2v) is 9.23. The highest BCUT2D eigenvalue weighted by Crippen LogP contribution is 2.26. The molecule has 0 bridgehead atoms. The summed E-state index contributed by atoms with van der Waals surface area (Å²) in [5, 5.41) is 0. The highest BCUT2D eigenvalue weighted by Gasteiger charge is 2.22. The van der Waals surface area contributed by atoms with E-state index < -0.39 is 0 Å². The van der Waals surface area contributed by atoms with Gasteiger partial charge in [-0.2, -0.15) is 0 Å². The molecule has 0 radical (unpaired) electrons. The number of methoxy groups -OCH3 is 1. The monoisotopic (exact) mass is 487 g/mol. The third-order valence-electron chi connectivity index (χ3n) is 6.87. The van der Waals surface area contributed by atoms with E-state index in [0.29, 0.717) is 32.5 Å². The topological polar surface area (TPSA) is 71.0 Å². The van der Waals surface area contributed by atoms with Crippen molar-refractivity contribution in [2.45, 2.75) is 25.9 Å². The summed E-state index contributed by atoms with van der Waals surface area (Å²) in [4.78, 5) is 28.4. The van der Waals surface area contributed by atoms with E-state index in [1.54, 1.807) is 19.5 Å². The lowest BCUT2D eigenvalue weighted by atomic mass is 10.1. The maximum absolute atomic E-state index is 13.1. The predicted molar refractivity (Wildman–Crippen MR) is 138 cm³/mol. The first-order valence-corrected chi connectivity index (χ1v) is 12.6. The number of hydrogen-bond acceptors (Lipinski definition) is 7. The fourth-order valence-electron chi connectivity index (χ4n) is 4.89. The van der Waals surface area contributed by atoms with Crippen LogP contribution in [0.2, 0.25) is 0 Å². The van der Waals surface area contributed by atoms with Crippen molar-refractivity contribution in [3.8, 4) is 11.5 Å². The lowest BCUT2D eigenvalue weighted by Gasteiger charge is -2.34. The van der Waals surface area contributed by atoms with E-state index in [1.165, 1.54) is 5.56 Å². The number of aromatic nitrogens is 2. The first kappa shape index (κ1) is 24.1. The van der Waals surface area contributed by atoms with Crippen LogP contribution in [0.3, 0.4) is 0 Å². The van der Waals surface area contributed by atoms with Crippen LogP contribution in [-0.2, 0) is 24.3 Å². The van der Waals surface area contributed by atoms with Crippen LogP contribution in [0.15, 0.2) is 60.9 Å². The minimum Gasteiger partial charge on any atom is -0.496 e. The Morgan fingerprint density at radius 2 is 1.81 bits per heavy atom. The number of carbonyl (C=O) groups is 1. The molecule has 5 rings (SSSR count). The van der Waals surface area contributed by atoms with E-state index >= 15 is 0 Å². The third-order valence-corrected chi connectivity index (χ3v) is 6.87. The van der Waals surface area contributed by atoms with Crippen molar-refractivity contribution < 1.29 is 14.3 Å². The summed E-state index contributed by atoms with van der Waals surface area (Å²) in [7, 11) is 1.67. The fraction of sp³-hybridized carbons (Fsp3) is 0.393. The number of hydrogen-bond donors (Lipinski definition) is 0. The average Bonchev–Trinajstić information content (AvgIpc) is 3.15. The second-order valence-electron chi connectivity index (χ2n) is 9.23. The summed E-state index contributed by atoms with van der Waals surface area (Å²) in [6.07, 6.45) is 4.69. The molecule has 8 heteroatoms. The van der Waals surface area contributed by atoms with Crippen LogP contribution in [0.4, 0.5) is 5.95 Å². The quantitative estimate of drug-likeness (QED) is 0.507. The number of rotatable bonds is 7. The van der Waals surface area contributed by atoms with Crippen LogP contribution in [0.25, 0.3) is 0 Å². The molecule has 8 nitrogen and oxygen atoms in total. The Bertz CT molecular complexity index is 1160. The smallest absolute Gasteiger partial charge is 0.225 e. The molecule has 0 spiro atoms. The van der Waals surface area contributed by atoms with Gasteiger partial charge in [0.1, 0.15) is 18.1 Å². The summed E-state index contributed by atoms with van der Waals surface area (Å²) >= 11 is 0. The summed E-state index contributed by atoms with van der Waals surface area (Å²) in [5.41, 5.74) is 3.37. The molecule has 1 saturated heterocycles. The van der Waals surface area contributed by atoms with Crippen LogP contribution in [0.5, 0.6) is 11.5 Å². The Kier molecular flexibility index (Phi) is 7.61. The summed E-state index contributed by atoms with van der Waals surface area (Å²) < 4.78 is 11.4. The number of nitrogens with zero attached hydrogens (tertiary/aromatic N) is 5. The molecule has 36 heavy (non-hydrogen) atoms. The molecule has 2 aliphatic rings. The number of para-hydroxylation sites is 1. The zero-order valence-corrected chi connectivity index (χ0v) is 20.8. The molecule has 1 amide bonds. The first-order chi connectivity index (χ1) is 17.7. The lowest BCUT2D eigenvalue weighted by Crippen LogP contribution is -2.46. The number of piperazine rings is 1. The average molecular weight is 488 g/mol. The molecular weight excluding hydrogens is 454 g/mol. The molecule has 1 aromatic heterocycles. The SMILES string of the molecule is COc1ccccc1CCC(=O)N1CCOc2ccc(CN3CCN(c4ncccn4)CC3)cc2C1. The lowest BCUT2D eigenvalue weighted by molar-refractivity contribution is -0.131. The third kappa shape index (κ3) is 5.76. The van der Waals surface area contributed by atoms with Crippen LogP contribution in [0.1, 0.15) is 23.1 Å². The largest absolute Gasteiger partial charge is 0.496 e. The number of carbonyl (C=O) groups excluding carboxylic acids is 1. The molecular formula is C28H33N5O3. The molecule has 3 heterocycles. The Hall–Kier alpha value is -3.65. The molecule has 2 aliphatic heterocycles. The van der Waals surface area contributed by atoms with Gasteiger partial charge in [-0.15, -0.1) is 0 Å². The van der Waals surface area contributed by atoms with E-state index in [9.17, 15) is 4.79 Å². The van der Waals surface area contributed by atoms with Crippen molar-refractivity contribution in [3.63, 3.8) is 0 Å². The number of benzene rings is 2. The van der Waals surface area contributed by atoms with E-state index in [2.05, 4.69) is 38.0 Å². The minimum absolute atomic E-state index is 0.141. The molecule has 2 aromatic carbocycles. The Balaban J connectivity index is 1.18. The number of aryl methyl sites for hydroxylation is 1. The summed E-state index contributed by atoms with van der Waals surface area (Å²) in [6, 6.07) is 16.1. The van der Waals surface area contributed by atoms with Crippen molar-refractivity contribution in [2.24, 2.45) is 0 Å². The van der Waals surface area contributed by atoms with E-state index in [4.69, 9.17) is 9.47 Å². The molecule has 0 aliphatic carbocycles. The van der Waals surface area contributed by atoms with Gasteiger partial charge in [-0.1, -0.05) is 24.3 Å². The summed E-state index contributed by atoms with van der Waals surface area (Å²) in [5.74, 6) is 2.65. The van der Waals surface area contributed by atoms with Crippen molar-refractivity contribution in [2.75, 3.05) is 51.3 Å². The van der Waals surface area contributed by atoms with Crippen molar-refractivity contribution >= 4 is 11.9 Å². The van der Waals surface area contributed by atoms with Crippen LogP contribution in [0, 0.1) is 0 Å². The predicted octanol–water partition coefficient (Wildman–Crippen LogP) is 3.16. The van der Waals surface area contributed by atoms with Gasteiger partial charge in [-0.25, -0.2) is 9.97 Å². The van der Waals surface area contributed by atoms with Gasteiger partial charge in [-0.05, 0) is 41.8 Å². The zero-order valence-electron chi connectivity index (χ0n) is 20.8. The molecule has 3 aromatic rings. The first-order valence-electron chi connectivity index (χ1n) is 12.6. The number of anilines is 1. The highest BCUT2D eigenvalue weighted by atomic mass is 16.5. The maximum Gasteiger partial charge on any atom is 0.225 e. The number of fused-ring (bicyclic) bond motifs is 1. The van der Waals surface area contributed by atoms with Crippen LogP contribution in [-0.4, -0.2) is 72.1 Å². The van der Waals surface area contributed by atoms with Gasteiger partial charge in [0.2, 0.25) is 11.9 Å². The normalized spacial score (nSPS) is 16.1. The van der Waals surface area contributed by atoms with Gasteiger partial charge >= 0.3 is 0 Å². The molecule has 0 unspecified atom stereocenters. The maximum atomic E-state index is 13.1. The Morgan fingerprint density at radius 1 is 1.00 bits per heavy atom. The van der Waals surface area contributed by atoms with Gasteiger partial charge in [0, 0.05) is 63.6 Å². The van der Waals surface area contributed by atoms with E-state index in [-0.39, 0.29) is 5.91 Å². The Labute approximate surface area is 212 Å². The number of ether oxygens (including phenoxy) is 2. The van der Waals surface area contributed by atoms with Gasteiger partial charge in [0.15, 0.2) is 0 Å². The minimum atomic E-state index is 0.141. The Morgan fingerprint density at radius 3 is 2.61 bits per heavy atom. The van der Waals surface area contributed by atoms with Crippen LogP contribution < -0.4 is 14.4 Å². The number of amides is 1. The van der Waals surface area contributed by atoms with Crippen molar-refractivity contribution in [3.05, 3.63) is 77.6 Å². The highest BCUT2D eigenvalue weighted by molar-refractivity contribution is 5.76. The molecule has 1 fully saturated rings. The van der Waals surface area contributed by atoms with E-state index in [0.717, 1.165) is 61.3 Å². The zero-order chi connectivity index (χ0) is 24.7. The molecule has 188 valence electrons. The molecule has 0 atom stereocenters.